The highest BCUT2D eigenvalue weighted by atomic mass is 16.5. The molecule has 0 radical (unpaired) electrons. The zero-order chi connectivity index (χ0) is 19.5. The van der Waals surface area contributed by atoms with Crippen LogP contribution < -0.4 is 10.6 Å². The molecule has 1 atom stereocenters. The zero-order valence-corrected chi connectivity index (χ0v) is 16.0. The van der Waals surface area contributed by atoms with E-state index < -0.39 is 11.5 Å². The molecule has 0 saturated heterocycles. The lowest BCUT2D eigenvalue weighted by molar-refractivity contribution is -0.144. The first-order chi connectivity index (χ1) is 13.0. The van der Waals surface area contributed by atoms with Gasteiger partial charge >= 0.3 is 5.97 Å². The van der Waals surface area contributed by atoms with Crippen molar-refractivity contribution < 1.29 is 24.2 Å². The van der Waals surface area contributed by atoms with Crippen molar-refractivity contribution in [3.8, 4) is 0 Å². The van der Waals surface area contributed by atoms with Crippen LogP contribution in [0.3, 0.4) is 0 Å². The van der Waals surface area contributed by atoms with Crippen molar-refractivity contribution in [2.45, 2.75) is 69.7 Å². The van der Waals surface area contributed by atoms with E-state index in [-0.39, 0.29) is 44.0 Å². The van der Waals surface area contributed by atoms with E-state index >= 15 is 0 Å². The highest BCUT2D eigenvalue weighted by Crippen LogP contribution is 2.29. The fourth-order valence-electron chi connectivity index (χ4n) is 3.69. The minimum atomic E-state index is -0.529. The Morgan fingerprint density at radius 3 is 2.74 bits per heavy atom. The van der Waals surface area contributed by atoms with Gasteiger partial charge in [0.2, 0.25) is 11.8 Å². The maximum atomic E-state index is 12.5. The second kappa shape index (κ2) is 11.1. The normalized spacial score (nSPS) is 24.6. The number of ether oxygens (including phenoxy) is 1. The summed E-state index contributed by atoms with van der Waals surface area (Å²) in [4.78, 5) is 36.5. The Kier molecular flexibility index (Phi) is 8.78. The van der Waals surface area contributed by atoms with Crippen LogP contribution in [0, 0.1) is 5.92 Å². The van der Waals surface area contributed by atoms with E-state index in [4.69, 9.17) is 4.74 Å². The Morgan fingerprint density at radius 2 is 2.00 bits per heavy atom. The summed E-state index contributed by atoms with van der Waals surface area (Å²) in [5.41, 5.74) is -0.529. The number of hydrogen-bond donors (Lipinski definition) is 3. The minimum absolute atomic E-state index is 0.0686. The molecule has 1 fully saturated rings. The van der Waals surface area contributed by atoms with Crippen molar-refractivity contribution in [1.29, 1.82) is 0 Å². The average Bonchev–Trinajstić information content (AvgIpc) is 3.11. The number of aliphatic hydroxyl groups excluding tert-OH is 1. The molecule has 0 aromatic carbocycles. The van der Waals surface area contributed by atoms with Gasteiger partial charge in [-0.15, -0.1) is 0 Å². The number of cyclic esters (lactones) is 1. The third-order valence-electron chi connectivity index (χ3n) is 5.32. The predicted molar refractivity (Wildman–Crippen MR) is 101 cm³/mol. The predicted octanol–water partition coefficient (Wildman–Crippen LogP) is 1.59. The van der Waals surface area contributed by atoms with Crippen LogP contribution >= 0.6 is 0 Å². The lowest BCUT2D eigenvalue weighted by atomic mass is 9.95. The molecular formula is C20H32N2O5. The highest BCUT2D eigenvalue weighted by Gasteiger charge is 2.35. The Morgan fingerprint density at radius 1 is 1.22 bits per heavy atom. The largest absolute Gasteiger partial charge is 0.464 e. The summed E-state index contributed by atoms with van der Waals surface area (Å²) < 4.78 is 5.09. The molecule has 0 aromatic heterocycles. The smallest absolute Gasteiger partial charge is 0.305 e. The van der Waals surface area contributed by atoms with Gasteiger partial charge in [-0.05, 0) is 38.5 Å². The summed E-state index contributed by atoms with van der Waals surface area (Å²) in [7, 11) is 0. The van der Waals surface area contributed by atoms with Gasteiger partial charge in [0, 0.05) is 12.8 Å². The molecule has 2 amide bonds. The molecule has 7 heteroatoms. The van der Waals surface area contributed by atoms with Crippen molar-refractivity contribution >= 4 is 17.8 Å². The van der Waals surface area contributed by atoms with Crippen LogP contribution in [0.1, 0.15) is 64.2 Å². The van der Waals surface area contributed by atoms with Crippen LogP contribution in [-0.2, 0) is 19.1 Å². The van der Waals surface area contributed by atoms with E-state index in [0.717, 1.165) is 44.9 Å². The molecule has 1 aliphatic carbocycles. The second-order valence-electron chi connectivity index (χ2n) is 7.56. The quantitative estimate of drug-likeness (QED) is 0.507. The van der Waals surface area contributed by atoms with Gasteiger partial charge < -0.3 is 20.5 Å². The maximum absolute atomic E-state index is 12.5. The lowest BCUT2D eigenvalue weighted by Gasteiger charge is -2.28. The molecule has 2 rings (SSSR count). The van der Waals surface area contributed by atoms with Gasteiger partial charge in [-0.25, -0.2) is 0 Å². The minimum Gasteiger partial charge on any atom is -0.464 e. The first-order valence-electron chi connectivity index (χ1n) is 10.0. The monoisotopic (exact) mass is 380 g/mol. The number of aliphatic hydroxyl groups is 1. The van der Waals surface area contributed by atoms with Gasteiger partial charge in [-0.3, -0.25) is 14.4 Å². The second-order valence-corrected chi connectivity index (χ2v) is 7.56. The van der Waals surface area contributed by atoms with E-state index in [1.54, 1.807) is 0 Å². The van der Waals surface area contributed by atoms with Gasteiger partial charge in [0.15, 0.2) is 0 Å². The number of carbonyl (C=O) groups is 3. The molecule has 2 aliphatic rings. The van der Waals surface area contributed by atoms with Crippen molar-refractivity contribution in [2.75, 3.05) is 19.8 Å². The number of allylic oxidation sites excluding steroid dienone is 2. The van der Waals surface area contributed by atoms with Crippen LogP contribution in [0.2, 0.25) is 0 Å². The first-order valence-corrected chi connectivity index (χ1v) is 10.0. The van der Waals surface area contributed by atoms with E-state index in [2.05, 4.69) is 10.6 Å². The van der Waals surface area contributed by atoms with Gasteiger partial charge in [0.05, 0.1) is 24.6 Å². The molecule has 3 N–H and O–H groups in total. The van der Waals surface area contributed by atoms with Crippen LogP contribution in [0.4, 0.5) is 0 Å². The molecule has 1 aliphatic heterocycles. The van der Waals surface area contributed by atoms with Crippen LogP contribution in [0.5, 0.6) is 0 Å². The van der Waals surface area contributed by atoms with E-state index in [9.17, 15) is 19.5 Å². The fourth-order valence-corrected chi connectivity index (χ4v) is 3.69. The number of carbonyl (C=O) groups excluding carboxylic acids is 3. The molecule has 1 unspecified atom stereocenters. The Labute approximate surface area is 160 Å². The van der Waals surface area contributed by atoms with Gasteiger partial charge in [0.1, 0.15) is 6.61 Å². The Balaban J connectivity index is 1.93. The molecule has 1 heterocycles. The van der Waals surface area contributed by atoms with E-state index in [1.165, 1.54) is 0 Å². The molecule has 7 nitrogen and oxygen atoms in total. The number of hydrogen-bond acceptors (Lipinski definition) is 5. The van der Waals surface area contributed by atoms with Crippen LogP contribution in [0.15, 0.2) is 12.2 Å². The zero-order valence-electron chi connectivity index (χ0n) is 16.0. The first kappa shape index (κ1) is 21.4. The lowest BCUT2D eigenvalue weighted by Crippen LogP contribution is -2.50. The van der Waals surface area contributed by atoms with Gasteiger partial charge in [-0.2, -0.15) is 0 Å². The summed E-state index contributed by atoms with van der Waals surface area (Å²) in [5, 5.41) is 15.4. The van der Waals surface area contributed by atoms with Crippen LogP contribution in [0.25, 0.3) is 0 Å². The topological polar surface area (TPSA) is 105 Å². The molecule has 1 saturated carbocycles. The standard InChI is InChI=1S/C20H32N2O5/c23-15-20(10-6-7-11-20)22-17(24)14-16-8-4-2-1-3-5-9-18(25)27-13-12-21-19(16)26/h2,4,16,23H,1,3,5-15H2,(H,21,26)(H,22,24). The van der Waals surface area contributed by atoms with Gasteiger partial charge in [-0.1, -0.05) is 25.0 Å². The van der Waals surface area contributed by atoms with Crippen molar-refractivity contribution in [3.05, 3.63) is 12.2 Å². The summed E-state index contributed by atoms with van der Waals surface area (Å²) in [5.74, 6) is -1.14. The number of rotatable bonds is 4. The van der Waals surface area contributed by atoms with Crippen molar-refractivity contribution in [2.24, 2.45) is 5.92 Å². The van der Waals surface area contributed by atoms with E-state index in [0.29, 0.717) is 12.8 Å². The molecule has 0 spiro atoms. The fraction of sp³-hybridized carbons (Fsp3) is 0.750. The highest BCUT2D eigenvalue weighted by molar-refractivity contribution is 5.86. The molecule has 0 aromatic rings. The van der Waals surface area contributed by atoms with Gasteiger partial charge in [0.25, 0.3) is 0 Å². The summed E-state index contributed by atoms with van der Waals surface area (Å²) in [6.45, 7) is 0.320. The number of esters is 1. The summed E-state index contributed by atoms with van der Waals surface area (Å²) in [6.07, 6.45) is 11.0. The third kappa shape index (κ3) is 7.33. The SMILES string of the molecule is O=C(CC1CC=CCCCCC(=O)OCCNC1=O)NC1(CO)CCCC1. The maximum Gasteiger partial charge on any atom is 0.305 e. The van der Waals surface area contributed by atoms with Crippen molar-refractivity contribution in [3.63, 3.8) is 0 Å². The summed E-state index contributed by atoms with van der Waals surface area (Å²) in [6, 6.07) is 0. The molecule has 152 valence electrons. The Bertz CT molecular complexity index is 540. The molecule has 0 bridgehead atoms. The third-order valence-corrected chi connectivity index (χ3v) is 5.32. The van der Waals surface area contributed by atoms with Crippen LogP contribution in [-0.4, -0.2) is 48.2 Å². The number of amides is 2. The van der Waals surface area contributed by atoms with Crippen molar-refractivity contribution in [1.82, 2.24) is 10.6 Å². The van der Waals surface area contributed by atoms with E-state index in [1.807, 2.05) is 12.2 Å². The average molecular weight is 380 g/mol. The summed E-state index contributed by atoms with van der Waals surface area (Å²) >= 11 is 0. The molecular weight excluding hydrogens is 348 g/mol. The Hall–Kier alpha value is -1.89. The number of nitrogens with one attached hydrogen (secondary N) is 2. The molecule has 27 heavy (non-hydrogen) atoms.